The van der Waals surface area contributed by atoms with Gasteiger partial charge in [-0.2, -0.15) is 0 Å². The lowest BCUT2D eigenvalue weighted by molar-refractivity contribution is -0.165. The van der Waals surface area contributed by atoms with Crippen molar-refractivity contribution < 1.29 is 24.5 Å². The van der Waals surface area contributed by atoms with Crippen molar-refractivity contribution in [2.24, 2.45) is 16.2 Å². The summed E-state index contributed by atoms with van der Waals surface area (Å²) in [6.45, 7) is 1.07. The van der Waals surface area contributed by atoms with Gasteiger partial charge in [-0.1, -0.05) is 0 Å². The molecule has 1 aliphatic heterocycles. The van der Waals surface area contributed by atoms with E-state index in [0.29, 0.717) is 13.2 Å². The lowest BCUT2D eigenvalue weighted by Crippen LogP contribution is -2.45. The standard InChI is InChI=1S/C11H14O5/c12-7(13)11(8(14)15)3-9-1-2-10(9,4-11)6-16-5-9/h1-6H2,(H,12,13)(H,14,15). The van der Waals surface area contributed by atoms with Crippen LogP contribution in [-0.4, -0.2) is 35.4 Å². The van der Waals surface area contributed by atoms with Gasteiger partial charge in [0.25, 0.3) is 0 Å². The van der Waals surface area contributed by atoms with Crippen LogP contribution in [0.5, 0.6) is 0 Å². The zero-order chi connectivity index (χ0) is 11.6. The minimum absolute atomic E-state index is 0.163. The first-order valence-electron chi connectivity index (χ1n) is 5.51. The first kappa shape index (κ1) is 10.1. The number of aliphatic carboxylic acids is 2. The maximum absolute atomic E-state index is 11.3. The molecule has 88 valence electrons. The van der Waals surface area contributed by atoms with Gasteiger partial charge >= 0.3 is 11.9 Å². The van der Waals surface area contributed by atoms with Crippen molar-refractivity contribution in [3.05, 3.63) is 0 Å². The van der Waals surface area contributed by atoms with Crippen LogP contribution in [-0.2, 0) is 14.3 Å². The number of ether oxygens (including phenoxy) is 1. The summed E-state index contributed by atoms with van der Waals surface area (Å²) in [4.78, 5) is 22.6. The molecule has 3 fully saturated rings. The molecule has 0 aromatic heterocycles. The Kier molecular flexibility index (Phi) is 1.63. The van der Waals surface area contributed by atoms with Gasteiger partial charge in [-0.25, -0.2) is 0 Å². The van der Waals surface area contributed by atoms with E-state index < -0.39 is 17.4 Å². The van der Waals surface area contributed by atoms with Crippen molar-refractivity contribution in [1.82, 2.24) is 0 Å². The van der Waals surface area contributed by atoms with Crippen LogP contribution < -0.4 is 0 Å². The highest BCUT2D eigenvalue weighted by Crippen LogP contribution is 2.74. The molecule has 16 heavy (non-hydrogen) atoms. The van der Waals surface area contributed by atoms with Crippen LogP contribution in [0.15, 0.2) is 0 Å². The SMILES string of the molecule is O=C(O)C1(C(=O)O)CC23CCC2(COC3)C1. The van der Waals surface area contributed by atoms with Crippen LogP contribution in [0.4, 0.5) is 0 Å². The molecule has 2 saturated carbocycles. The average molecular weight is 226 g/mol. The normalized spacial score (nSPS) is 43.2. The van der Waals surface area contributed by atoms with E-state index in [0.717, 1.165) is 12.8 Å². The zero-order valence-electron chi connectivity index (χ0n) is 8.86. The van der Waals surface area contributed by atoms with Crippen molar-refractivity contribution in [2.45, 2.75) is 25.7 Å². The Morgan fingerprint density at radius 3 is 1.69 bits per heavy atom. The van der Waals surface area contributed by atoms with Gasteiger partial charge in [0.15, 0.2) is 5.41 Å². The molecule has 2 atom stereocenters. The summed E-state index contributed by atoms with van der Waals surface area (Å²) in [5.74, 6) is -2.37. The van der Waals surface area contributed by atoms with Crippen molar-refractivity contribution >= 4 is 11.9 Å². The second-order valence-electron chi connectivity index (χ2n) is 5.60. The Morgan fingerprint density at radius 1 is 0.938 bits per heavy atom. The average Bonchev–Trinajstić information content (AvgIpc) is 2.47. The van der Waals surface area contributed by atoms with Crippen molar-refractivity contribution in [3.8, 4) is 0 Å². The van der Waals surface area contributed by atoms with E-state index in [1.165, 1.54) is 0 Å². The summed E-state index contributed by atoms with van der Waals surface area (Å²) < 4.78 is 5.45. The monoisotopic (exact) mass is 226 g/mol. The van der Waals surface area contributed by atoms with E-state index in [9.17, 15) is 19.8 Å². The van der Waals surface area contributed by atoms with Gasteiger partial charge in [0.1, 0.15) is 0 Å². The predicted octanol–water partition coefficient (Wildman–Crippen LogP) is 0.733. The fourth-order valence-electron chi connectivity index (χ4n) is 3.99. The molecule has 0 aromatic carbocycles. The molecular formula is C11H14O5. The Bertz CT molecular complexity index is 354. The van der Waals surface area contributed by atoms with E-state index in [4.69, 9.17) is 4.74 Å². The quantitative estimate of drug-likeness (QED) is 0.678. The Morgan fingerprint density at radius 2 is 1.38 bits per heavy atom. The number of hydrogen-bond donors (Lipinski definition) is 2. The molecular weight excluding hydrogens is 212 g/mol. The molecule has 0 bridgehead atoms. The largest absolute Gasteiger partial charge is 0.480 e. The number of hydrogen-bond acceptors (Lipinski definition) is 3. The topological polar surface area (TPSA) is 83.8 Å². The minimum Gasteiger partial charge on any atom is -0.480 e. The van der Waals surface area contributed by atoms with Gasteiger partial charge in [0.2, 0.25) is 0 Å². The molecule has 0 spiro atoms. The molecule has 2 aliphatic carbocycles. The molecule has 3 aliphatic rings. The van der Waals surface area contributed by atoms with E-state index >= 15 is 0 Å². The smallest absolute Gasteiger partial charge is 0.321 e. The number of carboxylic acids is 2. The lowest BCUT2D eigenvalue weighted by Gasteiger charge is -2.49. The summed E-state index contributed by atoms with van der Waals surface area (Å²) in [6, 6.07) is 0. The number of carbonyl (C=O) groups is 2. The highest BCUT2D eigenvalue weighted by atomic mass is 16.5. The minimum atomic E-state index is -1.57. The first-order valence-corrected chi connectivity index (χ1v) is 5.51. The third-order valence-electron chi connectivity index (χ3n) is 5.06. The van der Waals surface area contributed by atoms with E-state index in [-0.39, 0.29) is 23.7 Å². The summed E-state index contributed by atoms with van der Waals surface area (Å²) in [5.41, 5.74) is -1.89. The molecule has 5 nitrogen and oxygen atoms in total. The van der Waals surface area contributed by atoms with E-state index in [2.05, 4.69) is 0 Å². The molecule has 0 amide bonds. The van der Waals surface area contributed by atoms with Crippen LogP contribution >= 0.6 is 0 Å². The molecule has 2 unspecified atom stereocenters. The fraction of sp³-hybridized carbons (Fsp3) is 0.818. The fourth-order valence-corrected chi connectivity index (χ4v) is 3.99. The molecule has 0 aromatic rings. The summed E-state index contributed by atoms with van der Waals surface area (Å²) in [5, 5.41) is 18.4. The molecule has 2 N–H and O–H groups in total. The highest BCUT2D eigenvalue weighted by molar-refractivity contribution is 5.99. The van der Waals surface area contributed by atoms with Crippen LogP contribution in [0.1, 0.15) is 25.7 Å². The molecule has 1 heterocycles. The zero-order valence-corrected chi connectivity index (χ0v) is 8.86. The van der Waals surface area contributed by atoms with Crippen molar-refractivity contribution in [3.63, 3.8) is 0 Å². The summed E-state index contributed by atoms with van der Waals surface area (Å²) in [7, 11) is 0. The third-order valence-corrected chi connectivity index (χ3v) is 5.06. The van der Waals surface area contributed by atoms with Gasteiger partial charge < -0.3 is 14.9 Å². The van der Waals surface area contributed by atoms with Crippen LogP contribution in [0.25, 0.3) is 0 Å². The van der Waals surface area contributed by atoms with Crippen LogP contribution in [0.3, 0.4) is 0 Å². The predicted molar refractivity (Wildman–Crippen MR) is 51.9 cm³/mol. The van der Waals surface area contributed by atoms with Gasteiger partial charge in [0.05, 0.1) is 13.2 Å². The van der Waals surface area contributed by atoms with Crippen molar-refractivity contribution in [2.75, 3.05) is 13.2 Å². The Balaban J connectivity index is 2.03. The van der Waals surface area contributed by atoms with Gasteiger partial charge in [-0.05, 0) is 25.7 Å². The summed E-state index contributed by atoms with van der Waals surface area (Å²) >= 11 is 0. The first-order chi connectivity index (χ1) is 7.47. The van der Waals surface area contributed by atoms with Gasteiger partial charge in [-0.15, -0.1) is 0 Å². The highest BCUT2D eigenvalue weighted by Gasteiger charge is 2.75. The van der Waals surface area contributed by atoms with Crippen LogP contribution in [0.2, 0.25) is 0 Å². The Labute approximate surface area is 92.4 Å². The second-order valence-corrected chi connectivity index (χ2v) is 5.60. The van der Waals surface area contributed by atoms with Crippen LogP contribution in [0, 0.1) is 16.2 Å². The molecule has 0 radical (unpaired) electrons. The van der Waals surface area contributed by atoms with Crippen molar-refractivity contribution in [1.29, 1.82) is 0 Å². The third kappa shape index (κ3) is 0.830. The Hall–Kier alpha value is -1.10. The summed E-state index contributed by atoms with van der Waals surface area (Å²) in [6.07, 6.45) is 2.31. The van der Waals surface area contributed by atoms with E-state index in [1.54, 1.807) is 0 Å². The molecule has 3 rings (SSSR count). The maximum Gasteiger partial charge on any atom is 0.321 e. The van der Waals surface area contributed by atoms with E-state index in [1.807, 2.05) is 0 Å². The second kappa shape index (κ2) is 2.59. The number of carboxylic acid groups (broad SMARTS) is 2. The maximum atomic E-state index is 11.3. The number of rotatable bonds is 2. The molecule has 1 saturated heterocycles. The van der Waals surface area contributed by atoms with Gasteiger partial charge in [0, 0.05) is 10.8 Å². The molecule has 5 heteroatoms. The van der Waals surface area contributed by atoms with Gasteiger partial charge in [-0.3, -0.25) is 9.59 Å². The lowest BCUT2D eigenvalue weighted by atomic mass is 9.53.